The lowest BCUT2D eigenvalue weighted by molar-refractivity contribution is -0.0502. The lowest BCUT2D eigenvalue weighted by atomic mass is 10.00. The van der Waals surface area contributed by atoms with Crippen molar-refractivity contribution < 1.29 is 27.5 Å². The largest absolute Gasteiger partial charge is 0.434 e. The normalized spacial score (nSPS) is 11.4. The van der Waals surface area contributed by atoms with E-state index in [4.69, 9.17) is 11.5 Å². The highest BCUT2D eigenvalue weighted by Gasteiger charge is 2.25. The molecule has 0 fully saturated rings. The number of ether oxygens (including phenoxy) is 1. The van der Waals surface area contributed by atoms with Crippen molar-refractivity contribution in [2.45, 2.75) is 33.0 Å². The van der Waals surface area contributed by atoms with Gasteiger partial charge in [0.1, 0.15) is 28.6 Å². The van der Waals surface area contributed by atoms with E-state index in [1.54, 1.807) is 24.4 Å². The van der Waals surface area contributed by atoms with E-state index in [0.717, 1.165) is 18.2 Å². The van der Waals surface area contributed by atoms with Crippen LogP contribution in [0.4, 0.5) is 19.0 Å². The summed E-state index contributed by atoms with van der Waals surface area (Å²) < 4.78 is 44.9. The molecule has 188 valence electrons. The van der Waals surface area contributed by atoms with E-state index in [9.17, 15) is 22.8 Å². The molecule has 2 heterocycles. The first-order valence-electron chi connectivity index (χ1n) is 10.9. The zero-order valence-electron chi connectivity index (χ0n) is 19.3. The second kappa shape index (κ2) is 9.64. The van der Waals surface area contributed by atoms with Gasteiger partial charge in [-0.25, -0.2) is 9.07 Å². The SMILES string of the molecule is CC(C)n1nc(-c2ccc(CNC(=O)c3cc(F)ccc3OC(F)F)c3[nH]ccc23)c(C(N)=O)c1N. The van der Waals surface area contributed by atoms with Crippen molar-refractivity contribution in [2.75, 3.05) is 5.73 Å². The van der Waals surface area contributed by atoms with Crippen LogP contribution in [0.3, 0.4) is 0 Å². The first-order valence-corrected chi connectivity index (χ1v) is 10.9. The topological polar surface area (TPSA) is 141 Å². The number of halogens is 3. The van der Waals surface area contributed by atoms with E-state index >= 15 is 0 Å². The maximum atomic E-state index is 13.7. The fraction of sp³-hybridized carbons (Fsp3) is 0.208. The van der Waals surface area contributed by atoms with Crippen molar-refractivity contribution in [3.63, 3.8) is 0 Å². The highest BCUT2D eigenvalue weighted by molar-refractivity contribution is 6.07. The standard InChI is InChI=1S/C24H23F3N6O3/c1-11(2)33-21(28)18(22(29)34)20(32-33)14-5-3-12(19-15(14)7-8-30-19)10-31-23(35)16-9-13(25)4-6-17(16)36-24(26)27/h3-9,11,24,30H,10,28H2,1-2H3,(H2,29,34)(H,31,35). The molecule has 12 heteroatoms. The van der Waals surface area contributed by atoms with Gasteiger partial charge in [0.25, 0.3) is 11.8 Å². The maximum Gasteiger partial charge on any atom is 0.387 e. The number of hydrogen-bond acceptors (Lipinski definition) is 5. The van der Waals surface area contributed by atoms with Crippen LogP contribution < -0.4 is 21.5 Å². The lowest BCUT2D eigenvalue weighted by Crippen LogP contribution is -2.24. The fourth-order valence-corrected chi connectivity index (χ4v) is 3.99. The highest BCUT2D eigenvalue weighted by Crippen LogP contribution is 2.35. The van der Waals surface area contributed by atoms with Gasteiger partial charge in [0, 0.05) is 29.7 Å². The molecular formula is C24H23F3N6O3. The molecule has 0 saturated carbocycles. The molecule has 0 aliphatic heterocycles. The Hall–Kier alpha value is -4.48. The van der Waals surface area contributed by atoms with Crippen LogP contribution in [0.5, 0.6) is 5.75 Å². The number of hydrogen-bond donors (Lipinski definition) is 4. The van der Waals surface area contributed by atoms with Crippen molar-refractivity contribution in [3.8, 4) is 17.0 Å². The van der Waals surface area contributed by atoms with E-state index in [0.29, 0.717) is 27.7 Å². The summed E-state index contributed by atoms with van der Waals surface area (Å²) in [5.41, 5.74) is 13.7. The smallest absolute Gasteiger partial charge is 0.387 e. The van der Waals surface area contributed by atoms with Crippen molar-refractivity contribution in [1.29, 1.82) is 0 Å². The Bertz CT molecular complexity index is 1460. The number of alkyl halides is 2. The number of aromatic amines is 1. The van der Waals surface area contributed by atoms with Crippen LogP contribution in [-0.2, 0) is 6.54 Å². The molecule has 36 heavy (non-hydrogen) atoms. The number of fused-ring (bicyclic) bond motifs is 1. The molecule has 4 aromatic rings. The van der Waals surface area contributed by atoms with Gasteiger partial charge in [-0.3, -0.25) is 9.59 Å². The van der Waals surface area contributed by atoms with Gasteiger partial charge >= 0.3 is 6.61 Å². The Morgan fingerprint density at radius 2 is 1.94 bits per heavy atom. The summed E-state index contributed by atoms with van der Waals surface area (Å²) in [5.74, 6) is -2.58. The monoisotopic (exact) mass is 500 g/mol. The minimum absolute atomic E-state index is 0.0218. The number of rotatable bonds is 8. The number of anilines is 1. The van der Waals surface area contributed by atoms with Gasteiger partial charge in [-0.2, -0.15) is 13.9 Å². The highest BCUT2D eigenvalue weighted by atomic mass is 19.3. The molecule has 0 bridgehead atoms. The Morgan fingerprint density at radius 3 is 2.61 bits per heavy atom. The molecule has 0 unspecified atom stereocenters. The number of amides is 2. The van der Waals surface area contributed by atoms with Gasteiger partial charge in [-0.15, -0.1) is 0 Å². The fourth-order valence-electron chi connectivity index (χ4n) is 3.99. The van der Waals surface area contributed by atoms with Crippen LogP contribution in [0.2, 0.25) is 0 Å². The van der Waals surface area contributed by atoms with Crippen LogP contribution in [0.25, 0.3) is 22.2 Å². The molecule has 2 aromatic carbocycles. The number of carbonyl (C=O) groups is 2. The number of nitrogens with one attached hydrogen (secondary N) is 2. The number of nitrogens with two attached hydrogens (primary N) is 2. The summed E-state index contributed by atoms with van der Waals surface area (Å²) in [5, 5.41) is 7.79. The summed E-state index contributed by atoms with van der Waals surface area (Å²) in [6, 6.07) is 7.77. The summed E-state index contributed by atoms with van der Waals surface area (Å²) in [6.45, 7) is 0.538. The summed E-state index contributed by atoms with van der Waals surface area (Å²) in [4.78, 5) is 27.9. The summed E-state index contributed by atoms with van der Waals surface area (Å²) in [6.07, 6.45) is 1.67. The quantitative estimate of drug-likeness (QED) is 0.290. The number of benzene rings is 2. The van der Waals surface area contributed by atoms with Gasteiger partial charge in [0.2, 0.25) is 0 Å². The van der Waals surface area contributed by atoms with Crippen LogP contribution >= 0.6 is 0 Å². The van der Waals surface area contributed by atoms with Crippen LogP contribution in [0.15, 0.2) is 42.6 Å². The number of nitrogens with zero attached hydrogens (tertiary/aromatic N) is 2. The third kappa shape index (κ3) is 4.57. The molecule has 4 rings (SSSR count). The summed E-state index contributed by atoms with van der Waals surface area (Å²) in [7, 11) is 0. The average molecular weight is 500 g/mol. The Morgan fingerprint density at radius 1 is 1.19 bits per heavy atom. The number of nitrogen functional groups attached to an aromatic ring is 1. The molecule has 0 radical (unpaired) electrons. The molecular weight excluding hydrogens is 477 g/mol. The molecule has 0 aliphatic rings. The minimum Gasteiger partial charge on any atom is -0.434 e. The predicted molar refractivity (Wildman–Crippen MR) is 127 cm³/mol. The van der Waals surface area contributed by atoms with Crippen molar-refractivity contribution in [2.24, 2.45) is 5.73 Å². The van der Waals surface area contributed by atoms with Crippen LogP contribution in [0.1, 0.15) is 46.2 Å². The maximum absolute atomic E-state index is 13.7. The van der Waals surface area contributed by atoms with Gasteiger partial charge < -0.3 is 26.5 Å². The Kier molecular flexibility index (Phi) is 6.60. The molecule has 2 amide bonds. The molecule has 2 aromatic heterocycles. The first kappa shape index (κ1) is 24.6. The predicted octanol–water partition coefficient (Wildman–Crippen LogP) is 3.96. The number of carbonyl (C=O) groups excluding carboxylic acids is 2. The van der Waals surface area contributed by atoms with Crippen molar-refractivity contribution in [1.82, 2.24) is 20.1 Å². The molecule has 0 atom stereocenters. The van der Waals surface area contributed by atoms with Gasteiger partial charge in [0.05, 0.1) is 11.1 Å². The minimum atomic E-state index is -3.17. The van der Waals surface area contributed by atoms with Crippen LogP contribution in [-0.4, -0.2) is 33.2 Å². The van der Waals surface area contributed by atoms with E-state index in [2.05, 4.69) is 20.1 Å². The lowest BCUT2D eigenvalue weighted by Gasteiger charge is -2.12. The molecule has 0 saturated heterocycles. The zero-order chi connectivity index (χ0) is 26.1. The van der Waals surface area contributed by atoms with E-state index in [1.165, 1.54) is 4.68 Å². The number of primary amides is 1. The van der Waals surface area contributed by atoms with E-state index < -0.39 is 30.0 Å². The third-order valence-corrected chi connectivity index (χ3v) is 5.59. The number of aromatic nitrogens is 3. The van der Waals surface area contributed by atoms with Crippen molar-refractivity contribution >= 4 is 28.5 Å². The zero-order valence-corrected chi connectivity index (χ0v) is 19.3. The number of H-pyrrole nitrogens is 1. The average Bonchev–Trinajstić information content (AvgIpc) is 3.43. The van der Waals surface area contributed by atoms with Gasteiger partial charge in [-0.1, -0.05) is 12.1 Å². The molecule has 0 aliphatic carbocycles. The second-order valence-corrected chi connectivity index (χ2v) is 8.25. The summed E-state index contributed by atoms with van der Waals surface area (Å²) >= 11 is 0. The Labute approximate surface area is 203 Å². The van der Waals surface area contributed by atoms with Gasteiger partial charge in [0.15, 0.2) is 0 Å². The molecule has 0 spiro atoms. The van der Waals surface area contributed by atoms with E-state index in [-0.39, 0.29) is 29.5 Å². The first-order chi connectivity index (χ1) is 17.1. The Balaban J connectivity index is 1.67. The van der Waals surface area contributed by atoms with Gasteiger partial charge in [-0.05, 0) is 43.7 Å². The van der Waals surface area contributed by atoms with E-state index in [1.807, 2.05) is 13.8 Å². The molecule has 9 nitrogen and oxygen atoms in total. The van der Waals surface area contributed by atoms with Crippen LogP contribution in [0, 0.1) is 5.82 Å². The third-order valence-electron chi connectivity index (χ3n) is 5.59. The van der Waals surface area contributed by atoms with Crippen molar-refractivity contribution in [3.05, 3.63) is 65.1 Å². The second-order valence-electron chi connectivity index (χ2n) is 8.25. The molecule has 6 N–H and O–H groups in total.